The van der Waals surface area contributed by atoms with Crippen LogP contribution in [0.2, 0.25) is 5.02 Å². The van der Waals surface area contributed by atoms with E-state index in [1.165, 1.54) is 0 Å². The lowest BCUT2D eigenvalue weighted by molar-refractivity contribution is 0.441. The maximum absolute atomic E-state index is 5.76. The summed E-state index contributed by atoms with van der Waals surface area (Å²) in [5, 5.41) is 1.40. The van der Waals surface area contributed by atoms with Gasteiger partial charge in [-0.05, 0) is 29.8 Å². The van der Waals surface area contributed by atoms with Crippen molar-refractivity contribution in [1.82, 2.24) is 9.97 Å². The fraction of sp³-hybridized carbons (Fsp3) is 0.0909. The Labute approximate surface area is 107 Å². The molecule has 0 bridgehead atoms. The molecule has 5 heteroatoms. The Morgan fingerprint density at radius 3 is 2.31 bits per heavy atom. The van der Waals surface area contributed by atoms with E-state index in [2.05, 4.69) is 25.9 Å². The third-order valence-corrected chi connectivity index (χ3v) is 2.76. The van der Waals surface area contributed by atoms with Crippen LogP contribution in [0.4, 0.5) is 0 Å². The molecule has 1 aromatic heterocycles. The Balaban J connectivity index is 2.11. The molecule has 0 unspecified atom stereocenters. The molecule has 0 amide bonds. The Morgan fingerprint density at radius 1 is 1.12 bits per heavy atom. The van der Waals surface area contributed by atoms with Crippen LogP contribution in [0, 0.1) is 0 Å². The quantitative estimate of drug-likeness (QED) is 0.808. The van der Waals surface area contributed by atoms with Crippen LogP contribution in [0.15, 0.2) is 36.7 Å². The Bertz CT molecular complexity index is 458. The highest BCUT2D eigenvalue weighted by atomic mass is 79.9. The molecule has 0 atom stereocenters. The van der Waals surface area contributed by atoms with Gasteiger partial charge in [-0.1, -0.05) is 27.5 Å². The second-order valence-corrected chi connectivity index (χ2v) is 4.06. The molecule has 2 aromatic rings. The Hall–Kier alpha value is -1.13. The first kappa shape index (κ1) is 11.4. The van der Waals surface area contributed by atoms with E-state index in [9.17, 15) is 0 Å². The number of aromatic nitrogens is 2. The van der Waals surface area contributed by atoms with Gasteiger partial charge in [-0.15, -0.1) is 0 Å². The van der Waals surface area contributed by atoms with Crippen LogP contribution in [-0.4, -0.2) is 9.97 Å². The molecule has 0 aliphatic heterocycles. The number of ether oxygens (including phenoxy) is 1. The predicted octanol–water partition coefficient (Wildman–Crippen LogP) is 3.82. The number of nitrogens with zero attached hydrogens (tertiary/aromatic N) is 2. The van der Waals surface area contributed by atoms with Crippen molar-refractivity contribution in [3.05, 3.63) is 47.2 Å². The molecular weight excluding hydrogens is 291 g/mol. The van der Waals surface area contributed by atoms with Crippen LogP contribution in [0.5, 0.6) is 11.8 Å². The van der Waals surface area contributed by atoms with Crippen molar-refractivity contribution < 1.29 is 4.74 Å². The van der Waals surface area contributed by atoms with Gasteiger partial charge in [0.15, 0.2) is 0 Å². The lowest BCUT2D eigenvalue weighted by Gasteiger charge is -2.03. The third-order valence-electron chi connectivity index (χ3n) is 1.86. The van der Waals surface area contributed by atoms with Crippen molar-refractivity contribution in [1.29, 1.82) is 0 Å². The molecule has 2 rings (SSSR count). The van der Waals surface area contributed by atoms with Crippen molar-refractivity contribution in [3.63, 3.8) is 0 Å². The van der Waals surface area contributed by atoms with Crippen molar-refractivity contribution >= 4 is 27.5 Å². The number of hydrogen-bond donors (Lipinski definition) is 0. The van der Waals surface area contributed by atoms with E-state index < -0.39 is 0 Å². The zero-order chi connectivity index (χ0) is 11.4. The zero-order valence-electron chi connectivity index (χ0n) is 8.23. The third kappa shape index (κ3) is 2.93. The maximum atomic E-state index is 5.76. The normalized spacial score (nSPS) is 10.1. The van der Waals surface area contributed by atoms with Gasteiger partial charge in [0.25, 0.3) is 0 Å². The Morgan fingerprint density at radius 2 is 1.75 bits per heavy atom. The lowest BCUT2D eigenvalue weighted by atomic mass is 10.3. The molecule has 3 nitrogen and oxygen atoms in total. The van der Waals surface area contributed by atoms with Gasteiger partial charge in [0.2, 0.25) is 0 Å². The SMILES string of the molecule is Clc1ccc(Oc2ncc(CBr)cn2)cc1. The minimum atomic E-state index is 0.326. The fourth-order valence-corrected chi connectivity index (χ4v) is 1.49. The molecule has 1 aromatic carbocycles. The van der Waals surface area contributed by atoms with Gasteiger partial charge >= 0.3 is 6.01 Å². The van der Waals surface area contributed by atoms with E-state index in [1.54, 1.807) is 36.7 Å². The van der Waals surface area contributed by atoms with Crippen molar-refractivity contribution in [2.24, 2.45) is 0 Å². The van der Waals surface area contributed by atoms with E-state index in [4.69, 9.17) is 16.3 Å². The second kappa shape index (κ2) is 5.27. The van der Waals surface area contributed by atoms with Crippen LogP contribution in [0.1, 0.15) is 5.56 Å². The number of alkyl halides is 1. The first-order valence-corrected chi connectivity index (χ1v) is 6.08. The van der Waals surface area contributed by atoms with E-state index in [-0.39, 0.29) is 0 Å². The summed E-state index contributed by atoms with van der Waals surface area (Å²) in [5.41, 5.74) is 1.00. The van der Waals surface area contributed by atoms with E-state index >= 15 is 0 Å². The zero-order valence-corrected chi connectivity index (χ0v) is 10.6. The van der Waals surface area contributed by atoms with Gasteiger partial charge < -0.3 is 4.74 Å². The fourth-order valence-electron chi connectivity index (χ4n) is 1.07. The predicted molar refractivity (Wildman–Crippen MR) is 66.2 cm³/mol. The highest BCUT2D eigenvalue weighted by Crippen LogP contribution is 2.20. The summed E-state index contributed by atoms with van der Waals surface area (Å²) in [4.78, 5) is 8.14. The number of halogens is 2. The van der Waals surface area contributed by atoms with Gasteiger partial charge in [0.05, 0.1) is 0 Å². The number of hydrogen-bond acceptors (Lipinski definition) is 3. The van der Waals surface area contributed by atoms with Crippen LogP contribution < -0.4 is 4.74 Å². The van der Waals surface area contributed by atoms with E-state index in [0.29, 0.717) is 16.8 Å². The summed E-state index contributed by atoms with van der Waals surface area (Å²) in [7, 11) is 0. The smallest absolute Gasteiger partial charge is 0.321 e. The molecule has 16 heavy (non-hydrogen) atoms. The van der Waals surface area contributed by atoms with Gasteiger partial charge in [0.1, 0.15) is 5.75 Å². The van der Waals surface area contributed by atoms with Crippen LogP contribution in [0.3, 0.4) is 0 Å². The van der Waals surface area contributed by atoms with Crippen molar-refractivity contribution in [2.75, 3.05) is 0 Å². The summed E-state index contributed by atoms with van der Waals surface area (Å²) in [6, 6.07) is 7.37. The highest BCUT2D eigenvalue weighted by molar-refractivity contribution is 9.08. The molecular formula is C11H8BrClN2O. The first-order chi connectivity index (χ1) is 7.78. The van der Waals surface area contributed by atoms with Crippen molar-refractivity contribution in [2.45, 2.75) is 5.33 Å². The molecule has 0 radical (unpaired) electrons. The molecule has 0 aliphatic rings. The largest absolute Gasteiger partial charge is 0.424 e. The average molecular weight is 300 g/mol. The van der Waals surface area contributed by atoms with Crippen LogP contribution >= 0.6 is 27.5 Å². The summed E-state index contributed by atoms with van der Waals surface area (Å²) in [6.45, 7) is 0. The summed E-state index contributed by atoms with van der Waals surface area (Å²) in [6.07, 6.45) is 3.43. The minimum absolute atomic E-state index is 0.326. The summed E-state index contributed by atoms with van der Waals surface area (Å²) < 4.78 is 5.44. The van der Waals surface area contributed by atoms with Crippen LogP contribution in [-0.2, 0) is 5.33 Å². The van der Waals surface area contributed by atoms with E-state index in [0.717, 1.165) is 10.9 Å². The van der Waals surface area contributed by atoms with Crippen molar-refractivity contribution in [3.8, 4) is 11.8 Å². The average Bonchev–Trinajstić information content (AvgIpc) is 2.33. The maximum Gasteiger partial charge on any atom is 0.321 e. The molecule has 82 valence electrons. The minimum Gasteiger partial charge on any atom is -0.424 e. The second-order valence-electron chi connectivity index (χ2n) is 3.06. The molecule has 1 heterocycles. The Kier molecular flexibility index (Phi) is 3.74. The number of benzene rings is 1. The molecule has 0 spiro atoms. The summed E-state index contributed by atoms with van der Waals surface area (Å²) in [5.74, 6) is 0.663. The highest BCUT2D eigenvalue weighted by Gasteiger charge is 2.00. The molecule has 0 fully saturated rings. The van der Waals surface area contributed by atoms with Gasteiger partial charge in [-0.3, -0.25) is 0 Å². The lowest BCUT2D eigenvalue weighted by Crippen LogP contribution is -1.92. The molecule has 0 aliphatic carbocycles. The number of rotatable bonds is 3. The molecule has 0 saturated carbocycles. The van der Waals surface area contributed by atoms with Crippen LogP contribution in [0.25, 0.3) is 0 Å². The summed E-state index contributed by atoms with van der Waals surface area (Å²) >= 11 is 9.08. The van der Waals surface area contributed by atoms with Gasteiger partial charge in [-0.2, -0.15) is 0 Å². The van der Waals surface area contributed by atoms with Gasteiger partial charge in [-0.25, -0.2) is 9.97 Å². The monoisotopic (exact) mass is 298 g/mol. The molecule has 0 N–H and O–H groups in total. The molecule has 0 saturated heterocycles. The first-order valence-electron chi connectivity index (χ1n) is 4.58. The van der Waals surface area contributed by atoms with Gasteiger partial charge in [0, 0.05) is 22.7 Å². The standard InChI is InChI=1S/C11H8BrClN2O/c12-5-8-6-14-11(15-7-8)16-10-3-1-9(13)2-4-10/h1-4,6-7H,5H2. The topological polar surface area (TPSA) is 35.0 Å². The van der Waals surface area contributed by atoms with E-state index in [1.807, 2.05) is 0 Å².